The van der Waals surface area contributed by atoms with Crippen molar-refractivity contribution in [2.75, 3.05) is 13.2 Å². The summed E-state index contributed by atoms with van der Waals surface area (Å²) < 4.78 is 40.1. The SMILES string of the molecule is CCOc1ccccc1C(F)(F)C(=O)NC(C(=O)O)c1ccc2c(c1)CCO2. The van der Waals surface area contributed by atoms with Gasteiger partial charge in [-0.25, -0.2) is 4.79 Å². The van der Waals surface area contributed by atoms with Gasteiger partial charge >= 0.3 is 11.9 Å². The first-order valence-electron chi connectivity index (χ1n) is 8.74. The van der Waals surface area contributed by atoms with Gasteiger partial charge < -0.3 is 19.9 Å². The highest BCUT2D eigenvalue weighted by Gasteiger charge is 2.45. The van der Waals surface area contributed by atoms with Crippen LogP contribution in [-0.2, 0) is 21.9 Å². The summed E-state index contributed by atoms with van der Waals surface area (Å²) in [5.74, 6) is -6.65. The van der Waals surface area contributed by atoms with Crippen molar-refractivity contribution in [3.8, 4) is 11.5 Å². The van der Waals surface area contributed by atoms with Gasteiger partial charge in [0.2, 0.25) is 0 Å². The number of alkyl halides is 2. The molecular formula is C20H19F2NO5. The van der Waals surface area contributed by atoms with Gasteiger partial charge in [0.1, 0.15) is 11.5 Å². The number of hydrogen-bond acceptors (Lipinski definition) is 4. The second kappa shape index (κ2) is 7.84. The molecule has 1 unspecified atom stereocenters. The normalized spacial score (nSPS) is 14.0. The van der Waals surface area contributed by atoms with Crippen LogP contribution < -0.4 is 14.8 Å². The monoisotopic (exact) mass is 391 g/mol. The summed E-state index contributed by atoms with van der Waals surface area (Å²) in [6, 6.07) is 8.21. The van der Waals surface area contributed by atoms with Crippen LogP contribution in [0.1, 0.15) is 29.7 Å². The molecule has 2 aromatic rings. The summed E-state index contributed by atoms with van der Waals surface area (Å²) in [5, 5.41) is 11.4. The largest absolute Gasteiger partial charge is 0.493 e. The molecule has 28 heavy (non-hydrogen) atoms. The predicted molar refractivity (Wildman–Crippen MR) is 95.7 cm³/mol. The smallest absolute Gasteiger partial charge is 0.353 e. The van der Waals surface area contributed by atoms with Crippen molar-refractivity contribution >= 4 is 11.9 Å². The highest BCUT2D eigenvalue weighted by atomic mass is 19.3. The number of ether oxygens (including phenoxy) is 2. The molecular weight excluding hydrogens is 372 g/mol. The maximum absolute atomic E-state index is 14.8. The van der Waals surface area contributed by atoms with Crippen LogP contribution in [0.15, 0.2) is 42.5 Å². The van der Waals surface area contributed by atoms with Crippen LogP contribution in [0.3, 0.4) is 0 Å². The summed E-state index contributed by atoms with van der Waals surface area (Å²) >= 11 is 0. The number of halogens is 2. The molecule has 8 heteroatoms. The van der Waals surface area contributed by atoms with Crippen molar-refractivity contribution in [1.82, 2.24) is 5.32 Å². The molecule has 1 heterocycles. The fourth-order valence-electron chi connectivity index (χ4n) is 3.03. The van der Waals surface area contributed by atoms with E-state index in [0.29, 0.717) is 18.8 Å². The number of nitrogens with one attached hydrogen (secondary N) is 1. The van der Waals surface area contributed by atoms with E-state index in [0.717, 1.165) is 11.6 Å². The Morgan fingerprint density at radius 1 is 1.29 bits per heavy atom. The number of hydrogen-bond donors (Lipinski definition) is 2. The molecule has 1 aliphatic heterocycles. The van der Waals surface area contributed by atoms with Crippen LogP contribution in [-0.4, -0.2) is 30.2 Å². The molecule has 0 fully saturated rings. The van der Waals surface area contributed by atoms with Crippen LogP contribution in [0.2, 0.25) is 0 Å². The molecule has 0 radical (unpaired) electrons. The molecule has 1 aliphatic rings. The molecule has 0 aliphatic carbocycles. The number of carbonyl (C=O) groups excluding carboxylic acids is 1. The Bertz CT molecular complexity index is 900. The molecule has 0 bridgehead atoms. The maximum atomic E-state index is 14.8. The van der Waals surface area contributed by atoms with E-state index in [1.165, 1.54) is 24.3 Å². The topological polar surface area (TPSA) is 84.9 Å². The van der Waals surface area contributed by atoms with Gasteiger partial charge in [-0.2, -0.15) is 8.78 Å². The first-order valence-corrected chi connectivity index (χ1v) is 8.74. The van der Waals surface area contributed by atoms with Gasteiger partial charge in [0.05, 0.1) is 18.8 Å². The van der Waals surface area contributed by atoms with Crippen LogP contribution in [0, 0.1) is 0 Å². The highest BCUT2D eigenvalue weighted by Crippen LogP contribution is 2.36. The molecule has 1 amide bonds. The second-order valence-corrected chi connectivity index (χ2v) is 6.21. The molecule has 0 saturated heterocycles. The Hall–Kier alpha value is -3.16. The third kappa shape index (κ3) is 3.76. The maximum Gasteiger partial charge on any atom is 0.353 e. The van der Waals surface area contributed by atoms with Gasteiger partial charge in [0.25, 0.3) is 5.91 Å². The summed E-state index contributed by atoms with van der Waals surface area (Å²) in [6.45, 7) is 2.24. The predicted octanol–water partition coefficient (Wildman–Crippen LogP) is 3.05. The number of carboxylic acid groups (broad SMARTS) is 1. The second-order valence-electron chi connectivity index (χ2n) is 6.21. The van der Waals surface area contributed by atoms with Crippen LogP contribution in [0.5, 0.6) is 11.5 Å². The summed E-state index contributed by atoms with van der Waals surface area (Å²) in [4.78, 5) is 24.0. The van der Waals surface area contributed by atoms with Crippen molar-refractivity contribution in [1.29, 1.82) is 0 Å². The van der Waals surface area contributed by atoms with E-state index in [1.54, 1.807) is 19.1 Å². The number of fused-ring (bicyclic) bond motifs is 1. The van der Waals surface area contributed by atoms with E-state index >= 15 is 0 Å². The quantitative estimate of drug-likeness (QED) is 0.758. The van der Waals surface area contributed by atoms with Crippen molar-refractivity contribution in [2.45, 2.75) is 25.3 Å². The number of aliphatic carboxylic acids is 1. The Morgan fingerprint density at radius 2 is 2.04 bits per heavy atom. The molecule has 1 atom stereocenters. The standard InChI is InChI=1S/C20H19F2NO5/c1-2-27-16-6-4-3-5-14(16)20(21,22)19(26)23-17(18(24)25)13-7-8-15-12(11-13)9-10-28-15/h3-8,11,17H,2,9-10H2,1H3,(H,23,26)(H,24,25). The molecule has 148 valence electrons. The first kappa shape index (κ1) is 19.6. The molecule has 2 aromatic carbocycles. The van der Waals surface area contributed by atoms with Gasteiger partial charge in [0.15, 0.2) is 6.04 Å². The van der Waals surface area contributed by atoms with Gasteiger partial charge in [0, 0.05) is 6.42 Å². The van der Waals surface area contributed by atoms with Gasteiger partial charge in [-0.05, 0) is 42.3 Å². The van der Waals surface area contributed by atoms with Crippen LogP contribution in [0.4, 0.5) is 8.78 Å². The average molecular weight is 391 g/mol. The highest BCUT2D eigenvalue weighted by molar-refractivity contribution is 5.90. The first-order chi connectivity index (χ1) is 13.3. The summed E-state index contributed by atoms with van der Waals surface area (Å²) in [5.41, 5.74) is 0.339. The van der Waals surface area contributed by atoms with E-state index in [-0.39, 0.29) is 17.9 Å². The van der Waals surface area contributed by atoms with Gasteiger partial charge in [-0.15, -0.1) is 0 Å². The third-order valence-electron chi connectivity index (χ3n) is 4.38. The number of carboxylic acids is 1. The number of para-hydroxylation sites is 1. The zero-order valence-corrected chi connectivity index (χ0v) is 15.1. The molecule has 0 saturated carbocycles. The molecule has 6 nitrogen and oxygen atoms in total. The van der Waals surface area contributed by atoms with E-state index in [4.69, 9.17) is 9.47 Å². The van der Waals surface area contributed by atoms with E-state index in [2.05, 4.69) is 0 Å². The Labute approximate surface area is 160 Å². The van der Waals surface area contributed by atoms with Crippen LogP contribution in [0.25, 0.3) is 0 Å². The van der Waals surface area contributed by atoms with Crippen LogP contribution >= 0.6 is 0 Å². The number of rotatable bonds is 7. The Kier molecular flexibility index (Phi) is 5.48. The van der Waals surface area contributed by atoms with E-state index in [9.17, 15) is 23.5 Å². The zero-order chi connectivity index (χ0) is 20.3. The lowest BCUT2D eigenvalue weighted by atomic mass is 10.0. The molecule has 3 rings (SSSR count). The molecule has 0 aromatic heterocycles. The van der Waals surface area contributed by atoms with Crippen molar-refractivity contribution in [3.63, 3.8) is 0 Å². The van der Waals surface area contributed by atoms with Gasteiger partial charge in [-0.3, -0.25) is 4.79 Å². The lowest BCUT2D eigenvalue weighted by Crippen LogP contribution is -2.42. The summed E-state index contributed by atoms with van der Waals surface area (Å²) in [7, 11) is 0. The Morgan fingerprint density at radius 3 is 2.75 bits per heavy atom. The zero-order valence-electron chi connectivity index (χ0n) is 15.1. The molecule has 0 spiro atoms. The minimum atomic E-state index is -3.97. The van der Waals surface area contributed by atoms with E-state index < -0.39 is 29.4 Å². The Balaban J connectivity index is 1.87. The fraction of sp³-hybridized carbons (Fsp3) is 0.300. The average Bonchev–Trinajstić information content (AvgIpc) is 3.14. The van der Waals surface area contributed by atoms with E-state index in [1.807, 2.05) is 5.32 Å². The minimum Gasteiger partial charge on any atom is -0.493 e. The number of carbonyl (C=O) groups is 2. The fourth-order valence-corrected chi connectivity index (χ4v) is 3.03. The van der Waals surface area contributed by atoms with Gasteiger partial charge in [-0.1, -0.05) is 18.2 Å². The lowest BCUT2D eigenvalue weighted by Gasteiger charge is -2.22. The van der Waals surface area contributed by atoms with Crippen molar-refractivity contribution in [3.05, 3.63) is 59.2 Å². The molecule has 2 N–H and O–H groups in total. The number of benzene rings is 2. The minimum absolute atomic E-state index is 0.133. The summed E-state index contributed by atoms with van der Waals surface area (Å²) in [6.07, 6.45) is 0.585. The lowest BCUT2D eigenvalue weighted by molar-refractivity contribution is -0.152. The van der Waals surface area contributed by atoms with Crippen molar-refractivity contribution in [2.24, 2.45) is 0 Å². The van der Waals surface area contributed by atoms with Crippen molar-refractivity contribution < 1.29 is 33.0 Å². The third-order valence-corrected chi connectivity index (χ3v) is 4.38. The number of amides is 1.